The van der Waals surface area contributed by atoms with Gasteiger partial charge in [-0.3, -0.25) is 0 Å². The van der Waals surface area contributed by atoms with Crippen LogP contribution in [0.5, 0.6) is 0 Å². The molecule has 0 amide bonds. The minimum Gasteiger partial charge on any atom is -0.192 e. The molecule has 4 aromatic rings. The molecule has 404 valence electrons. The molecular weight excluding hydrogens is 997 g/mol. The lowest BCUT2D eigenvalue weighted by atomic mass is 9.74. The lowest BCUT2D eigenvalue weighted by molar-refractivity contribution is 0.354. The first kappa shape index (κ1) is 60.5. The highest BCUT2D eigenvalue weighted by Crippen LogP contribution is 2.43. The van der Waals surface area contributed by atoms with E-state index in [1.54, 1.807) is 0 Å². The molecule has 0 saturated carbocycles. The van der Waals surface area contributed by atoms with Crippen LogP contribution in [0, 0.1) is 56.2 Å². The maximum Gasteiger partial charge on any atom is 0.132 e. The normalized spacial score (nSPS) is 15.4. The van der Waals surface area contributed by atoms with Gasteiger partial charge >= 0.3 is 0 Å². The van der Waals surface area contributed by atoms with Crippen LogP contribution in [0.15, 0.2) is 69.9 Å². The molecule has 6 rings (SSSR count). The Kier molecular flexibility index (Phi) is 24.0. The second-order valence-corrected chi connectivity index (χ2v) is 25.8. The van der Waals surface area contributed by atoms with Gasteiger partial charge in [0.2, 0.25) is 0 Å². The molecule has 2 aliphatic rings. The highest BCUT2D eigenvalue weighted by Gasteiger charge is 2.28. The summed E-state index contributed by atoms with van der Waals surface area (Å²) in [5, 5.41) is 39.0. The Bertz CT molecular complexity index is 2840. The van der Waals surface area contributed by atoms with Crippen LogP contribution < -0.4 is 0 Å². The summed E-state index contributed by atoms with van der Waals surface area (Å²) < 4.78 is 9.86. The number of thiophene rings is 2. The molecule has 0 saturated heterocycles. The molecular formula is C68H84N6S3. The molecule has 0 spiro atoms. The van der Waals surface area contributed by atoms with Crippen molar-refractivity contribution in [1.82, 2.24) is 8.75 Å². The van der Waals surface area contributed by atoms with Gasteiger partial charge in [0.15, 0.2) is 0 Å². The van der Waals surface area contributed by atoms with Crippen LogP contribution in [0.25, 0.3) is 47.5 Å². The van der Waals surface area contributed by atoms with Gasteiger partial charge in [0.25, 0.3) is 0 Å². The minimum atomic E-state index is -0.0416. The molecule has 0 radical (unpaired) electrons. The monoisotopic (exact) mass is 1080 g/mol. The molecule has 0 aliphatic heterocycles. The molecule has 0 fully saturated rings. The van der Waals surface area contributed by atoms with Gasteiger partial charge in [-0.2, -0.15) is 29.8 Å². The van der Waals surface area contributed by atoms with Gasteiger partial charge in [0, 0.05) is 30.6 Å². The molecule has 6 nitrogen and oxygen atoms in total. The summed E-state index contributed by atoms with van der Waals surface area (Å²) in [5.74, 6) is 0. The van der Waals surface area contributed by atoms with Crippen LogP contribution in [-0.4, -0.2) is 8.75 Å². The predicted octanol–water partition coefficient (Wildman–Crippen LogP) is 20.9. The predicted molar refractivity (Wildman–Crippen MR) is 332 cm³/mol. The number of benzene rings is 1. The third kappa shape index (κ3) is 17.4. The average Bonchev–Trinajstić information content (AvgIpc) is 4.15. The quantitative estimate of drug-likeness (QED) is 0.0413. The third-order valence-corrected chi connectivity index (χ3v) is 18.1. The number of hydrogen-bond acceptors (Lipinski definition) is 9. The second-order valence-electron chi connectivity index (χ2n) is 23.1. The van der Waals surface area contributed by atoms with E-state index in [1.165, 1.54) is 167 Å². The van der Waals surface area contributed by atoms with E-state index < -0.39 is 0 Å². The molecule has 77 heavy (non-hydrogen) atoms. The highest BCUT2D eigenvalue weighted by molar-refractivity contribution is 7.14. The number of rotatable bonds is 28. The largest absolute Gasteiger partial charge is 0.192 e. The maximum absolute atomic E-state index is 9.76. The summed E-state index contributed by atoms with van der Waals surface area (Å²) in [4.78, 5) is 5.26. The first-order valence-electron chi connectivity index (χ1n) is 29.1. The Morgan fingerprint density at radius 3 is 1.05 bits per heavy atom. The van der Waals surface area contributed by atoms with Crippen LogP contribution in [-0.2, 0) is 25.7 Å². The van der Waals surface area contributed by atoms with E-state index in [9.17, 15) is 21.0 Å². The topological polar surface area (TPSA) is 121 Å². The van der Waals surface area contributed by atoms with E-state index in [0.29, 0.717) is 0 Å². The Balaban J connectivity index is 1.38. The van der Waals surface area contributed by atoms with Gasteiger partial charge in [-0.25, -0.2) is 0 Å². The van der Waals surface area contributed by atoms with Crippen molar-refractivity contribution >= 4 is 81.9 Å². The Labute approximate surface area is 476 Å². The van der Waals surface area contributed by atoms with Crippen molar-refractivity contribution in [2.75, 3.05) is 0 Å². The molecule has 9 heteroatoms. The number of nitriles is 4. The average molecular weight is 1080 g/mol. The van der Waals surface area contributed by atoms with Crippen molar-refractivity contribution in [2.45, 2.75) is 209 Å². The lowest BCUT2D eigenvalue weighted by Gasteiger charge is -2.30. The van der Waals surface area contributed by atoms with Gasteiger partial charge in [0.1, 0.15) is 46.5 Å². The molecule has 0 unspecified atom stereocenters. The summed E-state index contributed by atoms with van der Waals surface area (Å²) in [6.45, 7) is 18.0. The number of fused-ring (bicyclic) bond motifs is 1. The first-order chi connectivity index (χ1) is 37.3. The van der Waals surface area contributed by atoms with Gasteiger partial charge in [-0.1, -0.05) is 181 Å². The first-order valence-corrected chi connectivity index (χ1v) is 31.4. The SMILES string of the molecule is CCCCCCc1c(/C=C/C2=CC(=C(C#N)C#N)CC(C)(C)C2)sc(/C=C/c2ccc(/C=C/c3sc(/C=C/C4=CC(=C(C#N)C#N)CC(C)(C)C4)c(CCCCCC)c3CCCCCC)c3nsnc23)c1CCCCCC. The zero-order valence-electron chi connectivity index (χ0n) is 47.8. The zero-order chi connectivity index (χ0) is 55.2. The van der Waals surface area contributed by atoms with E-state index in [2.05, 4.69) is 153 Å². The standard InChI is InChI=1S/C68H84N6S3/c1-9-13-17-21-25-57-59(27-23-19-15-11-3)63(75-61(57)35-29-49-39-53(55(45-69)46-70)43-67(5,6)41-49)37-33-51-31-32-52(66-65(51)73-77-74-66)34-38-64-60(28-24-20-16-12-4)58(26-22-18-14-10-2)62(76-64)36-30-50-40-54(56(47-71)48-72)44-68(7,8)42-50/h29-40H,9-28,41-44H2,1-8H3/b35-29+,36-30+,37-33+,38-34+. The van der Waals surface area contributed by atoms with Crippen molar-refractivity contribution in [3.63, 3.8) is 0 Å². The van der Waals surface area contributed by atoms with E-state index >= 15 is 0 Å². The number of unbranched alkanes of at least 4 members (excludes halogenated alkanes) is 12. The summed E-state index contributed by atoms with van der Waals surface area (Å²) in [6.07, 6.45) is 49.4. The fourth-order valence-electron chi connectivity index (χ4n) is 11.3. The third-order valence-electron chi connectivity index (χ3n) is 15.2. The molecule has 0 N–H and O–H groups in total. The van der Waals surface area contributed by atoms with Gasteiger partial charge < -0.3 is 0 Å². The summed E-state index contributed by atoms with van der Waals surface area (Å²) in [6, 6.07) is 13.0. The number of nitrogens with zero attached hydrogens (tertiary/aromatic N) is 6. The highest BCUT2D eigenvalue weighted by atomic mass is 32.1. The number of hydrogen-bond donors (Lipinski definition) is 0. The second kappa shape index (κ2) is 30.5. The smallest absolute Gasteiger partial charge is 0.132 e. The van der Waals surface area contributed by atoms with E-state index in [-0.39, 0.29) is 22.0 Å². The van der Waals surface area contributed by atoms with Crippen LogP contribution >= 0.6 is 34.4 Å². The van der Waals surface area contributed by atoms with Crippen molar-refractivity contribution in [1.29, 1.82) is 21.0 Å². The van der Waals surface area contributed by atoms with Crippen LogP contribution in [0.4, 0.5) is 0 Å². The Morgan fingerprint density at radius 1 is 0.442 bits per heavy atom. The van der Waals surface area contributed by atoms with E-state index in [4.69, 9.17) is 8.75 Å². The summed E-state index contributed by atoms with van der Waals surface area (Å²) in [5.41, 5.74) is 14.3. The fourth-order valence-corrected chi connectivity index (χ4v) is 14.3. The van der Waals surface area contributed by atoms with Crippen LogP contribution in [0.3, 0.4) is 0 Å². The van der Waals surface area contributed by atoms with Crippen molar-refractivity contribution < 1.29 is 0 Å². The van der Waals surface area contributed by atoms with Crippen LogP contribution in [0.1, 0.15) is 237 Å². The fraction of sp³-hybridized carbons (Fsp3) is 0.500. The van der Waals surface area contributed by atoms with E-state index in [0.717, 1.165) is 84.7 Å². The molecule has 0 atom stereocenters. The van der Waals surface area contributed by atoms with Gasteiger partial charge in [-0.05, 0) is 157 Å². The molecule has 2 aliphatic carbocycles. The Hall–Kier alpha value is -5.68. The minimum absolute atomic E-state index is 0.0416. The number of aromatic nitrogens is 2. The summed E-state index contributed by atoms with van der Waals surface area (Å²) >= 11 is 5.07. The van der Waals surface area contributed by atoms with Crippen molar-refractivity contribution in [3.05, 3.63) is 123 Å². The van der Waals surface area contributed by atoms with Crippen molar-refractivity contribution in [2.24, 2.45) is 10.8 Å². The van der Waals surface area contributed by atoms with Gasteiger partial charge in [0.05, 0.1) is 11.7 Å². The Morgan fingerprint density at radius 2 is 0.753 bits per heavy atom. The van der Waals surface area contributed by atoms with Gasteiger partial charge in [-0.15, -0.1) is 22.7 Å². The zero-order valence-corrected chi connectivity index (χ0v) is 50.3. The van der Waals surface area contributed by atoms with Crippen molar-refractivity contribution in [3.8, 4) is 24.3 Å². The maximum atomic E-state index is 9.76. The van der Waals surface area contributed by atoms with E-state index in [1.807, 2.05) is 22.7 Å². The molecule has 3 aromatic heterocycles. The molecule has 1 aromatic carbocycles. The number of allylic oxidation sites excluding steroid dienone is 10. The molecule has 0 bridgehead atoms. The lowest BCUT2D eigenvalue weighted by Crippen LogP contribution is -2.17. The summed E-state index contributed by atoms with van der Waals surface area (Å²) in [7, 11) is 0. The van der Waals surface area contributed by atoms with Crippen LogP contribution in [0.2, 0.25) is 0 Å². The molecule has 3 heterocycles.